The quantitative estimate of drug-likeness (QED) is 0.398. The lowest BCUT2D eigenvalue weighted by Crippen LogP contribution is -2.22. The predicted molar refractivity (Wildman–Crippen MR) is 114 cm³/mol. The molecule has 0 spiro atoms. The molecule has 152 valence electrons. The van der Waals surface area contributed by atoms with E-state index in [1.54, 1.807) is 0 Å². The molecule has 0 fully saturated rings. The number of hydrogen-bond donors (Lipinski definition) is 1. The number of aromatic nitrogens is 2. The van der Waals surface area contributed by atoms with Crippen LogP contribution >= 0.6 is 0 Å². The molecule has 0 bridgehead atoms. The summed E-state index contributed by atoms with van der Waals surface area (Å²) in [6, 6.07) is 15.8. The summed E-state index contributed by atoms with van der Waals surface area (Å²) < 4.78 is 13.8. The number of ether oxygens (including phenoxy) is 2. The van der Waals surface area contributed by atoms with Crippen molar-refractivity contribution in [3.63, 3.8) is 0 Å². The third-order valence-electron chi connectivity index (χ3n) is 4.52. The Morgan fingerprint density at radius 2 is 1.86 bits per heavy atom. The highest BCUT2D eigenvalue weighted by Crippen LogP contribution is 2.26. The molecule has 1 heterocycles. The van der Waals surface area contributed by atoms with Gasteiger partial charge >= 0.3 is 0 Å². The van der Waals surface area contributed by atoms with Gasteiger partial charge in [0.1, 0.15) is 12.4 Å². The van der Waals surface area contributed by atoms with Crippen LogP contribution in [0.4, 0.5) is 0 Å². The van der Waals surface area contributed by atoms with E-state index in [4.69, 9.17) is 14.5 Å². The first kappa shape index (κ1) is 20.5. The van der Waals surface area contributed by atoms with Gasteiger partial charge < -0.3 is 19.4 Å². The Morgan fingerprint density at radius 3 is 2.62 bits per heavy atom. The number of para-hydroxylation sites is 4. The lowest BCUT2D eigenvalue weighted by molar-refractivity contribution is -0.116. The molecule has 1 N–H and O–H groups in total. The summed E-state index contributed by atoms with van der Waals surface area (Å²) in [5, 5.41) is 2.81. The third-order valence-corrected chi connectivity index (χ3v) is 4.52. The van der Waals surface area contributed by atoms with Crippen molar-refractivity contribution < 1.29 is 14.3 Å². The summed E-state index contributed by atoms with van der Waals surface area (Å²) in [6.45, 7) is 7.79. The molecule has 0 aliphatic rings. The monoisotopic (exact) mass is 393 g/mol. The van der Waals surface area contributed by atoms with E-state index in [-0.39, 0.29) is 5.91 Å². The van der Waals surface area contributed by atoms with Crippen molar-refractivity contribution in [2.75, 3.05) is 19.8 Å². The van der Waals surface area contributed by atoms with Gasteiger partial charge in [0.2, 0.25) is 5.91 Å². The van der Waals surface area contributed by atoms with Crippen molar-refractivity contribution in [3.8, 4) is 11.5 Å². The first-order chi connectivity index (χ1) is 14.2. The normalized spacial score (nSPS) is 10.7. The number of aryl methyl sites for hydroxylation is 1. The SMILES string of the molecule is C=CC(=O)NCCCc1nc2ccccc2n1CCOc1ccccc1OCC. The van der Waals surface area contributed by atoms with Crippen LogP contribution in [-0.2, 0) is 17.8 Å². The Kier molecular flexibility index (Phi) is 7.28. The van der Waals surface area contributed by atoms with Gasteiger partial charge in [-0.2, -0.15) is 0 Å². The number of fused-ring (bicyclic) bond motifs is 1. The molecule has 2 aromatic carbocycles. The average Bonchev–Trinajstić information content (AvgIpc) is 3.10. The second kappa shape index (κ2) is 10.3. The standard InChI is InChI=1S/C23H27N3O3/c1-3-23(27)24-15-9-14-22-25-18-10-5-6-11-19(18)26(22)16-17-29-21-13-8-7-12-20(21)28-4-2/h3,5-8,10-13H,1,4,9,14-17H2,2H3,(H,24,27). The molecule has 0 atom stereocenters. The van der Waals surface area contributed by atoms with Crippen LogP contribution in [-0.4, -0.2) is 35.2 Å². The molecule has 6 nitrogen and oxygen atoms in total. The summed E-state index contributed by atoms with van der Waals surface area (Å²) >= 11 is 0. The Morgan fingerprint density at radius 1 is 1.14 bits per heavy atom. The van der Waals surface area contributed by atoms with E-state index < -0.39 is 0 Å². The van der Waals surface area contributed by atoms with Crippen molar-refractivity contribution in [2.24, 2.45) is 0 Å². The Balaban J connectivity index is 1.67. The maximum absolute atomic E-state index is 11.3. The van der Waals surface area contributed by atoms with Crippen LogP contribution in [0.15, 0.2) is 61.2 Å². The smallest absolute Gasteiger partial charge is 0.243 e. The maximum atomic E-state index is 11.3. The van der Waals surface area contributed by atoms with Crippen LogP contribution < -0.4 is 14.8 Å². The number of carbonyl (C=O) groups is 1. The second-order valence-corrected chi connectivity index (χ2v) is 6.50. The summed E-state index contributed by atoms with van der Waals surface area (Å²) in [7, 11) is 0. The highest BCUT2D eigenvalue weighted by Gasteiger charge is 2.11. The number of carbonyl (C=O) groups excluding carboxylic acids is 1. The van der Waals surface area contributed by atoms with Gasteiger partial charge in [-0.3, -0.25) is 4.79 Å². The molecule has 6 heteroatoms. The molecular formula is C23H27N3O3. The molecular weight excluding hydrogens is 366 g/mol. The Labute approximate surface area is 171 Å². The van der Waals surface area contributed by atoms with Gasteiger partial charge in [-0.1, -0.05) is 30.8 Å². The lowest BCUT2D eigenvalue weighted by Gasteiger charge is -2.13. The molecule has 0 saturated carbocycles. The molecule has 0 aliphatic heterocycles. The van der Waals surface area contributed by atoms with Crippen LogP contribution in [0.5, 0.6) is 11.5 Å². The lowest BCUT2D eigenvalue weighted by atomic mass is 10.3. The highest BCUT2D eigenvalue weighted by molar-refractivity contribution is 5.86. The van der Waals surface area contributed by atoms with Gasteiger partial charge in [-0.05, 0) is 43.7 Å². The second-order valence-electron chi connectivity index (χ2n) is 6.50. The van der Waals surface area contributed by atoms with E-state index in [9.17, 15) is 4.79 Å². The van der Waals surface area contributed by atoms with E-state index in [1.807, 2.05) is 49.4 Å². The minimum Gasteiger partial charge on any atom is -0.490 e. The van der Waals surface area contributed by atoms with Gasteiger partial charge in [0.25, 0.3) is 0 Å². The molecule has 29 heavy (non-hydrogen) atoms. The molecule has 0 unspecified atom stereocenters. The number of nitrogens with zero attached hydrogens (tertiary/aromatic N) is 2. The molecule has 3 rings (SSSR count). The number of imidazole rings is 1. The zero-order valence-electron chi connectivity index (χ0n) is 16.8. The zero-order valence-corrected chi connectivity index (χ0v) is 16.8. The van der Waals surface area contributed by atoms with Gasteiger partial charge in [-0.25, -0.2) is 4.98 Å². The van der Waals surface area contributed by atoms with Crippen LogP contribution in [0, 0.1) is 0 Å². The topological polar surface area (TPSA) is 65.4 Å². The summed E-state index contributed by atoms with van der Waals surface area (Å²) in [5.41, 5.74) is 2.05. The van der Waals surface area contributed by atoms with Crippen molar-refractivity contribution in [1.82, 2.24) is 14.9 Å². The maximum Gasteiger partial charge on any atom is 0.243 e. The van der Waals surface area contributed by atoms with Gasteiger partial charge in [0.05, 0.1) is 24.2 Å². The van der Waals surface area contributed by atoms with Crippen molar-refractivity contribution in [3.05, 3.63) is 67.0 Å². The van der Waals surface area contributed by atoms with Gasteiger partial charge in [-0.15, -0.1) is 0 Å². The summed E-state index contributed by atoms with van der Waals surface area (Å²) in [5.74, 6) is 2.33. The minimum atomic E-state index is -0.153. The van der Waals surface area contributed by atoms with E-state index in [0.717, 1.165) is 41.2 Å². The van der Waals surface area contributed by atoms with E-state index in [0.29, 0.717) is 26.3 Å². The van der Waals surface area contributed by atoms with E-state index >= 15 is 0 Å². The average molecular weight is 393 g/mol. The summed E-state index contributed by atoms with van der Waals surface area (Å²) in [4.78, 5) is 16.1. The number of rotatable bonds is 11. The van der Waals surface area contributed by atoms with Gasteiger partial charge in [0.15, 0.2) is 11.5 Å². The third kappa shape index (κ3) is 5.38. The van der Waals surface area contributed by atoms with Crippen LogP contribution in [0.2, 0.25) is 0 Å². The van der Waals surface area contributed by atoms with Crippen molar-refractivity contribution in [2.45, 2.75) is 26.3 Å². The molecule has 3 aromatic rings. The molecule has 1 amide bonds. The number of hydrogen-bond acceptors (Lipinski definition) is 4. The fourth-order valence-corrected chi connectivity index (χ4v) is 3.19. The van der Waals surface area contributed by atoms with Crippen LogP contribution in [0.1, 0.15) is 19.2 Å². The molecule has 1 aromatic heterocycles. The van der Waals surface area contributed by atoms with E-state index in [2.05, 4.69) is 22.5 Å². The van der Waals surface area contributed by atoms with Crippen molar-refractivity contribution >= 4 is 16.9 Å². The number of amides is 1. The fraction of sp³-hybridized carbons (Fsp3) is 0.304. The Hall–Kier alpha value is -3.28. The van der Waals surface area contributed by atoms with Crippen molar-refractivity contribution in [1.29, 1.82) is 0 Å². The highest BCUT2D eigenvalue weighted by atomic mass is 16.5. The fourth-order valence-electron chi connectivity index (χ4n) is 3.19. The van der Waals surface area contributed by atoms with E-state index in [1.165, 1.54) is 6.08 Å². The van der Waals surface area contributed by atoms with Crippen LogP contribution in [0.25, 0.3) is 11.0 Å². The number of benzene rings is 2. The molecule has 0 radical (unpaired) electrons. The van der Waals surface area contributed by atoms with Gasteiger partial charge in [0, 0.05) is 13.0 Å². The first-order valence-corrected chi connectivity index (χ1v) is 9.92. The number of nitrogens with one attached hydrogen (secondary N) is 1. The first-order valence-electron chi connectivity index (χ1n) is 9.92. The molecule has 0 saturated heterocycles. The Bertz CT molecular complexity index is 965. The summed E-state index contributed by atoms with van der Waals surface area (Å²) in [6.07, 6.45) is 2.85. The van der Waals surface area contributed by atoms with Crippen LogP contribution in [0.3, 0.4) is 0 Å². The largest absolute Gasteiger partial charge is 0.490 e. The molecule has 0 aliphatic carbocycles. The zero-order chi connectivity index (χ0) is 20.5. The predicted octanol–water partition coefficient (Wildman–Crippen LogP) is 3.75. The minimum absolute atomic E-state index is 0.153.